The maximum atomic E-state index is 12.7. The molecule has 1 fully saturated rings. The molecule has 0 saturated carbocycles. The molecule has 164 valence electrons. The number of carbonyl (C=O) groups excluding carboxylic acids is 3. The maximum Gasteiger partial charge on any atom is 0.309 e. The molecule has 0 unspecified atom stereocenters. The maximum absolute atomic E-state index is 12.7. The fraction of sp³-hybridized carbons (Fsp3) is 0.400. The Kier molecular flexibility index (Phi) is 7.45. The zero-order valence-electron chi connectivity index (χ0n) is 18.4. The van der Waals surface area contributed by atoms with Crippen LogP contribution in [0, 0.1) is 12.8 Å². The van der Waals surface area contributed by atoms with Gasteiger partial charge in [-0.2, -0.15) is 0 Å². The quantitative estimate of drug-likeness (QED) is 0.664. The first-order valence-electron chi connectivity index (χ1n) is 10.8. The molecule has 1 heterocycles. The first-order valence-corrected chi connectivity index (χ1v) is 10.8. The molecule has 1 saturated heterocycles. The van der Waals surface area contributed by atoms with Crippen molar-refractivity contribution >= 4 is 23.5 Å². The van der Waals surface area contributed by atoms with Crippen molar-refractivity contribution in [3.8, 4) is 0 Å². The Hall–Kier alpha value is -3.15. The van der Waals surface area contributed by atoms with Crippen LogP contribution in [0.1, 0.15) is 42.6 Å². The molecule has 3 rings (SSSR count). The zero-order valence-corrected chi connectivity index (χ0v) is 18.4. The number of amides is 2. The van der Waals surface area contributed by atoms with Gasteiger partial charge in [0.15, 0.2) is 6.61 Å². The van der Waals surface area contributed by atoms with E-state index in [0.29, 0.717) is 31.5 Å². The number of benzene rings is 2. The van der Waals surface area contributed by atoms with Crippen LogP contribution in [0.4, 0.5) is 5.69 Å². The van der Waals surface area contributed by atoms with E-state index in [1.54, 1.807) is 9.80 Å². The van der Waals surface area contributed by atoms with E-state index in [1.165, 1.54) is 0 Å². The number of likely N-dealkylation sites (tertiary alicyclic amines) is 1. The van der Waals surface area contributed by atoms with Gasteiger partial charge in [-0.1, -0.05) is 36.4 Å². The Morgan fingerprint density at radius 2 is 1.61 bits per heavy atom. The van der Waals surface area contributed by atoms with Crippen LogP contribution in [-0.4, -0.2) is 48.4 Å². The first-order chi connectivity index (χ1) is 14.9. The Bertz CT molecular complexity index is 918. The Balaban J connectivity index is 1.51. The van der Waals surface area contributed by atoms with Gasteiger partial charge in [-0.25, -0.2) is 0 Å². The molecule has 0 aromatic heterocycles. The van der Waals surface area contributed by atoms with Crippen LogP contribution in [0.3, 0.4) is 0 Å². The average molecular weight is 423 g/mol. The summed E-state index contributed by atoms with van der Waals surface area (Å²) in [6.07, 6.45) is 1.08. The number of para-hydroxylation sites is 1. The number of aryl methyl sites for hydroxylation is 1. The minimum absolute atomic E-state index is 0.00414. The average Bonchev–Trinajstić information content (AvgIpc) is 2.78. The fourth-order valence-corrected chi connectivity index (χ4v) is 3.94. The highest BCUT2D eigenvalue weighted by Crippen LogP contribution is 2.22. The summed E-state index contributed by atoms with van der Waals surface area (Å²) >= 11 is 0. The van der Waals surface area contributed by atoms with Crippen LogP contribution >= 0.6 is 0 Å². The van der Waals surface area contributed by atoms with Gasteiger partial charge in [-0.15, -0.1) is 0 Å². The minimum Gasteiger partial charge on any atom is -0.455 e. The molecule has 2 aromatic carbocycles. The highest BCUT2D eigenvalue weighted by molar-refractivity contribution is 5.96. The monoisotopic (exact) mass is 422 g/mol. The van der Waals surface area contributed by atoms with Crippen LogP contribution in [0.5, 0.6) is 0 Å². The molecule has 31 heavy (non-hydrogen) atoms. The second-order valence-electron chi connectivity index (χ2n) is 8.18. The standard InChI is InChI=1S/C25H30N2O4/c1-18(2)27(21-10-5-4-6-11-21)23(28)17-31-25(30)20-13-15-26(16-14-20)24(29)22-12-8-7-9-19(22)3/h4-12,18,20H,13-17H2,1-3H3. The van der Waals surface area contributed by atoms with Crippen molar-refractivity contribution in [2.75, 3.05) is 24.6 Å². The molecule has 2 aromatic rings. The van der Waals surface area contributed by atoms with E-state index < -0.39 is 0 Å². The third kappa shape index (κ3) is 5.51. The molecular formula is C25H30N2O4. The topological polar surface area (TPSA) is 66.9 Å². The molecule has 6 nitrogen and oxygen atoms in total. The van der Waals surface area contributed by atoms with Gasteiger partial charge < -0.3 is 14.5 Å². The molecule has 0 bridgehead atoms. The van der Waals surface area contributed by atoms with Gasteiger partial charge in [0.2, 0.25) is 0 Å². The summed E-state index contributed by atoms with van der Waals surface area (Å²) in [5.74, 6) is -0.914. The van der Waals surface area contributed by atoms with Crippen molar-refractivity contribution in [1.82, 2.24) is 4.90 Å². The third-order valence-corrected chi connectivity index (χ3v) is 5.65. The minimum atomic E-state index is -0.367. The Morgan fingerprint density at radius 3 is 2.23 bits per heavy atom. The van der Waals surface area contributed by atoms with Crippen LogP contribution in [0.15, 0.2) is 54.6 Å². The second-order valence-corrected chi connectivity index (χ2v) is 8.18. The van der Waals surface area contributed by atoms with Gasteiger partial charge in [0.25, 0.3) is 11.8 Å². The summed E-state index contributed by atoms with van der Waals surface area (Å²) in [6, 6.07) is 16.8. The number of nitrogens with zero attached hydrogens (tertiary/aromatic N) is 2. The van der Waals surface area contributed by atoms with Crippen molar-refractivity contribution < 1.29 is 19.1 Å². The van der Waals surface area contributed by atoms with E-state index in [2.05, 4.69) is 0 Å². The van der Waals surface area contributed by atoms with Crippen LogP contribution < -0.4 is 4.90 Å². The Labute approximate surface area is 183 Å². The van der Waals surface area contributed by atoms with Gasteiger partial charge >= 0.3 is 5.97 Å². The lowest BCUT2D eigenvalue weighted by Crippen LogP contribution is -2.42. The third-order valence-electron chi connectivity index (χ3n) is 5.65. The number of rotatable bonds is 6. The summed E-state index contributed by atoms with van der Waals surface area (Å²) in [5, 5.41) is 0. The molecule has 0 atom stereocenters. The summed E-state index contributed by atoms with van der Waals surface area (Å²) < 4.78 is 5.36. The largest absolute Gasteiger partial charge is 0.455 e. The van der Waals surface area contributed by atoms with Crippen molar-refractivity contribution in [3.05, 3.63) is 65.7 Å². The number of carbonyl (C=O) groups is 3. The number of esters is 1. The highest BCUT2D eigenvalue weighted by atomic mass is 16.5. The zero-order chi connectivity index (χ0) is 22.4. The molecular weight excluding hydrogens is 392 g/mol. The summed E-state index contributed by atoms with van der Waals surface area (Å²) in [7, 11) is 0. The predicted molar refractivity (Wildman–Crippen MR) is 120 cm³/mol. The first kappa shape index (κ1) is 22.5. The number of piperidine rings is 1. The van der Waals surface area contributed by atoms with E-state index >= 15 is 0 Å². The van der Waals surface area contributed by atoms with Crippen molar-refractivity contribution in [2.45, 2.75) is 39.7 Å². The van der Waals surface area contributed by atoms with E-state index in [4.69, 9.17) is 4.74 Å². The second kappa shape index (κ2) is 10.2. The fourth-order valence-electron chi connectivity index (χ4n) is 3.94. The molecule has 1 aliphatic heterocycles. The van der Waals surface area contributed by atoms with E-state index in [0.717, 1.165) is 11.3 Å². The number of hydrogen-bond donors (Lipinski definition) is 0. The van der Waals surface area contributed by atoms with E-state index in [9.17, 15) is 14.4 Å². The molecule has 0 N–H and O–H groups in total. The van der Waals surface area contributed by atoms with Crippen molar-refractivity contribution in [2.24, 2.45) is 5.92 Å². The lowest BCUT2D eigenvalue weighted by Gasteiger charge is -2.31. The summed E-state index contributed by atoms with van der Waals surface area (Å²) in [6.45, 7) is 6.49. The smallest absolute Gasteiger partial charge is 0.309 e. The molecule has 2 amide bonds. The number of anilines is 1. The number of ether oxygens (including phenoxy) is 1. The van der Waals surface area contributed by atoms with Gasteiger partial charge in [0.1, 0.15) is 0 Å². The lowest BCUT2D eigenvalue weighted by molar-refractivity contribution is -0.153. The molecule has 0 aliphatic carbocycles. The normalized spacial score (nSPS) is 14.4. The molecule has 0 spiro atoms. The van der Waals surface area contributed by atoms with Crippen LogP contribution in [-0.2, 0) is 14.3 Å². The predicted octanol–water partition coefficient (Wildman–Crippen LogP) is 3.83. The van der Waals surface area contributed by atoms with Gasteiger partial charge in [-0.05, 0) is 57.4 Å². The van der Waals surface area contributed by atoms with E-state index in [-0.39, 0.29) is 36.4 Å². The molecule has 1 aliphatic rings. The molecule has 0 radical (unpaired) electrons. The SMILES string of the molecule is Cc1ccccc1C(=O)N1CCC(C(=O)OCC(=O)N(c2ccccc2)C(C)C)CC1. The summed E-state index contributed by atoms with van der Waals surface area (Å²) in [5.41, 5.74) is 2.42. The van der Waals surface area contributed by atoms with Crippen molar-refractivity contribution in [3.63, 3.8) is 0 Å². The van der Waals surface area contributed by atoms with Crippen LogP contribution in [0.2, 0.25) is 0 Å². The van der Waals surface area contributed by atoms with Gasteiger partial charge in [0, 0.05) is 30.4 Å². The van der Waals surface area contributed by atoms with Crippen molar-refractivity contribution in [1.29, 1.82) is 0 Å². The van der Waals surface area contributed by atoms with E-state index in [1.807, 2.05) is 75.4 Å². The van der Waals surface area contributed by atoms with Gasteiger partial charge in [0.05, 0.1) is 5.92 Å². The highest BCUT2D eigenvalue weighted by Gasteiger charge is 2.30. The molecule has 6 heteroatoms. The number of hydrogen-bond acceptors (Lipinski definition) is 4. The van der Waals surface area contributed by atoms with Gasteiger partial charge in [-0.3, -0.25) is 14.4 Å². The Morgan fingerprint density at radius 1 is 1.00 bits per heavy atom. The summed E-state index contributed by atoms with van der Waals surface area (Å²) in [4.78, 5) is 41.4. The lowest BCUT2D eigenvalue weighted by atomic mass is 9.96. The van der Waals surface area contributed by atoms with Crippen LogP contribution in [0.25, 0.3) is 0 Å².